The highest BCUT2D eigenvalue weighted by Crippen LogP contribution is 2.34. The van der Waals surface area contributed by atoms with E-state index in [1.165, 1.54) is 0 Å². The third-order valence-electron chi connectivity index (χ3n) is 2.36. The molecule has 0 radical (unpaired) electrons. The van der Waals surface area contributed by atoms with Gasteiger partial charge in [-0.25, -0.2) is 4.98 Å². The summed E-state index contributed by atoms with van der Waals surface area (Å²) in [4.78, 5) is 5.41. The van der Waals surface area contributed by atoms with Gasteiger partial charge in [0, 0.05) is 12.7 Å². The number of benzene rings is 1. The molecular weight excluding hydrogens is 392 g/mol. The molecule has 19 heavy (non-hydrogen) atoms. The molecule has 1 aromatic carbocycles. The molecule has 0 aliphatic heterocycles. The molecule has 0 spiro atoms. The number of para-hydroxylation sites is 1. The van der Waals surface area contributed by atoms with Gasteiger partial charge in [0.15, 0.2) is 5.13 Å². The molecule has 2 aromatic rings. The predicted octanol–water partition coefficient (Wildman–Crippen LogP) is 5.07. The lowest BCUT2D eigenvalue weighted by Crippen LogP contribution is -1.98. The lowest BCUT2D eigenvalue weighted by Gasteiger charge is -2.08. The third kappa shape index (κ3) is 4.19. The van der Waals surface area contributed by atoms with E-state index in [2.05, 4.69) is 49.1 Å². The second-order valence-corrected chi connectivity index (χ2v) is 6.72. The minimum absolute atomic E-state index is 0.521. The van der Waals surface area contributed by atoms with Gasteiger partial charge in [-0.3, -0.25) is 0 Å². The Labute approximate surface area is 133 Å². The largest absolute Gasteiger partial charge is 0.486 e. The number of hydrogen-bond donors (Lipinski definition) is 1. The number of nitrogens with zero attached hydrogens (tertiary/aromatic N) is 1. The van der Waals surface area contributed by atoms with E-state index in [1.54, 1.807) is 11.3 Å². The first-order chi connectivity index (χ1) is 9.20. The lowest BCUT2D eigenvalue weighted by molar-refractivity contribution is 0.305. The maximum absolute atomic E-state index is 5.82. The Morgan fingerprint density at radius 2 is 2.05 bits per heavy atom. The number of hydrogen-bond acceptors (Lipinski definition) is 4. The van der Waals surface area contributed by atoms with Crippen molar-refractivity contribution in [2.24, 2.45) is 0 Å². The summed E-state index contributed by atoms with van der Waals surface area (Å²) in [6.07, 6.45) is 2.95. The number of anilines is 1. The second kappa shape index (κ2) is 7.26. The summed E-state index contributed by atoms with van der Waals surface area (Å²) >= 11 is 8.59. The van der Waals surface area contributed by atoms with Crippen molar-refractivity contribution in [1.82, 2.24) is 4.98 Å². The average molecular weight is 406 g/mol. The molecule has 0 aliphatic rings. The van der Waals surface area contributed by atoms with E-state index in [9.17, 15) is 0 Å². The maximum atomic E-state index is 5.82. The Bertz CT molecular complexity index is 525. The summed E-state index contributed by atoms with van der Waals surface area (Å²) < 4.78 is 7.70. The molecule has 102 valence electrons. The zero-order valence-corrected chi connectivity index (χ0v) is 14.4. The molecule has 2 rings (SSSR count). The monoisotopic (exact) mass is 404 g/mol. The van der Waals surface area contributed by atoms with Crippen LogP contribution in [0.4, 0.5) is 5.13 Å². The standard InChI is InChI=1S/C13H14Br2N2OS/c1-2-6-16-13-17-7-9(19-13)8-18-12-10(14)4-3-5-11(12)15/h3-5,7H,2,6,8H2,1H3,(H,16,17). The van der Waals surface area contributed by atoms with Gasteiger partial charge in [-0.05, 0) is 50.4 Å². The average Bonchev–Trinajstić information content (AvgIpc) is 2.84. The topological polar surface area (TPSA) is 34.2 Å². The van der Waals surface area contributed by atoms with Crippen LogP contribution in [0.25, 0.3) is 0 Å². The van der Waals surface area contributed by atoms with E-state index < -0.39 is 0 Å². The van der Waals surface area contributed by atoms with Gasteiger partial charge < -0.3 is 10.1 Å². The normalized spacial score (nSPS) is 10.5. The molecule has 3 nitrogen and oxygen atoms in total. The Morgan fingerprint density at radius 3 is 2.74 bits per heavy atom. The Morgan fingerprint density at radius 1 is 1.32 bits per heavy atom. The van der Waals surface area contributed by atoms with Crippen molar-refractivity contribution in [1.29, 1.82) is 0 Å². The van der Waals surface area contributed by atoms with E-state index in [4.69, 9.17) is 4.74 Å². The van der Waals surface area contributed by atoms with Crippen molar-refractivity contribution < 1.29 is 4.74 Å². The smallest absolute Gasteiger partial charge is 0.182 e. The number of halogens is 2. The highest BCUT2D eigenvalue weighted by Gasteiger charge is 2.07. The molecule has 1 aromatic heterocycles. The Hall–Kier alpha value is -0.590. The molecule has 1 heterocycles. The fourth-order valence-electron chi connectivity index (χ4n) is 1.45. The fourth-order valence-corrected chi connectivity index (χ4v) is 3.43. The molecular formula is C13H14Br2N2OS. The molecule has 6 heteroatoms. The molecule has 0 fully saturated rings. The van der Waals surface area contributed by atoms with Gasteiger partial charge in [0.2, 0.25) is 0 Å². The summed E-state index contributed by atoms with van der Waals surface area (Å²) in [6, 6.07) is 5.88. The van der Waals surface area contributed by atoms with Crippen LogP contribution in [-0.2, 0) is 6.61 Å². The number of aromatic nitrogens is 1. The van der Waals surface area contributed by atoms with E-state index >= 15 is 0 Å². The summed E-state index contributed by atoms with van der Waals surface area (Å²) in [6.45, 7) is 3.60. The highest BCUT2D eigenvalue weighted by molar-refractivity contribution is 9.11. The minimum atomic E-state index is 0.521. The predicted molar refractivity (Wildman–Crippen MR) is 87.1 cm³/mol. The third-order valence-corrected chi connectivity index (χ3v) is 4.53. The number of rotatable bonds is 6. The minimum Gasteiger partial charge on any atom is -0.486 e. The number of thiazole rings is 1. The van der Waals surface area contributed by atoms with Gasteiger partial charge in [-0.1, -0.05) is 24.3 Å². The van der Waals surface area contributed by atoms with Gasteiger partial charge in [0.05, 0.1) is 13.8 Å². The van der Waals surface area contributed by atoms with Crippen molar-refractivity contribution in [3.8, 4) is 5.75 Å². The van der Waals surface area contributed by atoms with Crippen LogP contribution in [0, 0.1) is 0 Å². The van der Waals surface area contributed by atoms with Crippen LogP contribution >= 0.6 is 43.2 Å². The molecule has 0 atom stereocenters. The molecule has 1 N–H and O–H groups in total. The van der Waals surface area contributed by atoms with Crippen LogP contribution in [-0.4, -0.2) is 11.5 Å². The summed E-state index contributed by atoms with van der Waals surface area (Å²) in [5.41, 5.74) is 0. The molecule has 0 saturated carbocycles. The van der Waals surface area contributed by atoms with Gasteiger partial charge in [-0.2, -0.15) is 0 Å². The van der Waals surface area contributed by atoms with Crippen LogP contribution in [0.15, 0.2) is 33.3 Å². The van der Waals surface area contributed by atoms with Crippen LogP contribution < -0.4 is 10.1 Å². The number of ether oxygens (including phenoxy) is 1. The summed E-state index contributed by atoms with van der Waals surface area (Å²) in [7, 11) is 0. The highest BCUT2D eigenvalue weighted by atomic mass is 79.9. The van der Waals surface area contributed by atoms with E-state index in [0.29, 0.717) is 6.61 Å². The van der Waals surface area contributed by atoms with Crippen molar-refractivity contribution in [2.75, 3.05) is 11.9 Å². The van der Waals surface area contributed by atoms with Gasteiger partial charge in [-0.15, -0.1) is 0 Å². The molecule has 0 bridgehead atoms. The van der Waals surface area contributed by atoms with Gasteiger partial charge in [0.1, 0.15) is 12.4 Å². The zero-order chi connectivity index (χ0) is 13.7. The maximum Gasteiger partial charge on any atom is 0.182 e. The quantitative estimate of drug-likeness (QED) is 0.728. The summed E-state index contributed by atoms with van der Waals surface area (Å²) in [5.74, 6) is 0.818. The lowest BCUT2D eigenvalue weighted by atomic mass is 10.3. The first-order valence-corrected chi connectivity index (χ1v) is 8.36. The Kier molecular flexibility index (Phi) is 5.66. The van der Waals surface area contributed by atoms with E-state index in [0.717, 1.165) is 37.7 Å². The summed E-state index contributed by atoms with van der Waals surface area (Å²) in [5, 5.41) is 4.22. The first kappa shape index (κ1) is 14.8. The van der Waals surface area contributed by atoms with Crippen molar-refractivity contribution in [3.05, 3.63) is 38.2 Å². The SMILES string of the molecule is CCCNc1ncc(COc2c(Br)cccc2Br)s1. The van der Waals surface area contributed by atoms with Crippen molar-refractivity contribution in [2.45, 2.75) is 20.0 Å². The van der Waals surface area contributed by atoms with Crippen molar-refractivity contribution >= 4 is 48.3 Å². The molecule has 0 amide bonds. The van der Waals surface area contributed by atoms with Gasteiger partial charge in [0.25, 0.3) is 0 Å². The fraction of sp³-hybridized carbons (Fsp3) is 0.308. The zero-order valence-electron chi connectivity index (χ0n) is 10.5. The second-order valence-electron chi connectivity index (χ2n) is 3.90. The van der Waals surface area contributed by atoms with E-state index in [-0.39, 0.29) is 0 Å². The Balaban J connectivity index is 1.97. The number of nitrogens with one attached hydrogen (secondary N) is 1. The van der Waals surface area contributed by atoms with Gasteiger partial charge >= 0.3 is 0 Å². The van der Waals surface area contributed by atoms with Crippen LogP contribution in [0.5, 0.6) is 5.75 Å². The van der Waals surface area contributed by atoms with Crippen molar-refractivity contribution in [3.63, 3.8) is 0 Å². The van der Waals surface area contributed by atoms with Crippen LogP contribution in [0.2, 0.25) is 0 Å². The molecule has 0 unspecified atom stereocenters. The van der Waals surface area contributed by atoms with E-state index in [1.807, 2.05) is 24.4 Å². The molecule has 0 saturated heterocycles. The van der Waals surface area contributed by atoms with Crippen LogP contribution in [0.3, 0.4) is 0 Å². The van der Waals surface area contributed by atoms with Crippen LogP contribution in [0.1, 0.15) is 18.2 Å². The first-order valence-electron chi connectivity index (χ1n) is 5.96. The molecule has 0 aliphatic carbocycles.